The topological polar surface area (TPSA) is 51.8 Å². The maximum atomic E-state index is 5.90. The normalized spacial score (nSPS) is 10.6. The van der Waals surface area contributed by atoms with Gasteiger partial charge in [-0.15, -0.1) is 0 Å². The van der Waals surface area contributed by atoms with E-state index in [0.717, 1.165) is 16.8 Å². The van der Waals surface area contributed by atoms with Crippen molar-refractivity contribution in [3.05, 3.63) is 72.2 Å². The van der Waals surface area contributed by atoms with Crippen molar-refractivity contribution in [3.63, 3.8) is 0 Å². The van der Waals surface area contributed by atoms with Crippen molar-refractivity contribution in [2.75, 3.05) is 0 Å². The lowest BCUT2D eigenvalue weighted by Crippen LogP contribution is -2.00. The van der Waals surface area contributed by atoms with Crippen LogP contribution < -0.4 is 5.73 Å². The number of nitrogens with zero attached hydrogens (tertiary/aromatic N) is 2. The summed E-state index contributed by atoms with van der Waals surface area (Å²) >= 11 is 0. The molecule has 104 valence electrons. The van der Waals surface area contributed by atoms with Crippen LogP contribution in [-0.4, -0.2) is 9.97 Å². The van der Waals surface area contributed by atoms with Crippen LogP contribution in [0.4, 0.5) is 0 Å². The number of aryl methyl sites for hydroxylation is 1. The number of nitrogens with two attached hydrogens (primary N) is 1. The van der Waals surface area contributed by atoms with Crippen LogP contribution in [0, 0.1) is 6.92 Å². The minimum absolute atomic E-state index is 0.522. The Balaban J connectivity index is 2.28. The molecule has 1 aromatic heterocycles. The summed E-state index contributed by atoms with van der Waals surface area (Å²) in [6.07, 6.45) is 3.35. The maximum absolute atomic E-state index is 5.90. The Morgan fingerprint density at radius 1 is 0.952 bits per heavy atom. The predicted molar refractivity (Wildman–Crippen MR) is 85.5 cm³/mol. The third kappa shape index (κ3) is 2.56. The number of hydrogen-bond acceptors (Lipinski definition) is 3. The maximum Gasteiger partial charge on any atom is 0.116 e. The lowest BCUT2D eigenvalue weighted by atomic mass is 9.90. The van der Waals surface area contributed by atoms with Gasteiger partial charge in [0.15, 0.2) is 0 Å². The SMILES string of the molecule is Cc1cccc(-c2ccncn2)c1-c1ccccc1CN. The molecule has 3 nitrogen and oxygen atoms in total. The number of rotatable bonds is 3. The van der Waals surface area contributed by atoms with E-state index < -0.39 is 0 Å². The van der Waals surface area contributed by atoms with Gasteiger partial charge in [0.1, 0.15) is 6.33 Å². The van der Waals surface area contributed by atoms with E-state index >= 15 is 0 Å². The Morgan fingerprint density at radius 3 is 2.52 bits per heavy atom. The molecule has 3 rings (SSSR count). The molecule has 0 unspecified atom stereocenters. The molecule has 2 aromatic carbocycles. The van der Waals surface area contributed by atoms with E-state index in [0.29, 0.717) is 6.54 Å². The van der Waals surface area contributed by atoms with Crippen LogP contribution in [-0.2, 0) is 6.54 Å². The monoisotopic (exact) mass is 275 g/mol. The van der Waals surface area contributed by atoms with Crippen LogP contribution in [0.1, 0.15) is 11.1 Å². The summed E-state index contributed by atoms with van der Waals surface area (Å²) in [4.78, 5) is 8.39. The lowest BCUT2D eigenvalue weighted by Gasteiger charge is -2.15. The highest BCUT2D eigenvalue weighted by atomic mass is 14.8. The van der Waals surface area contributed by atoms with Crippen molar-refractivity contribution in [1.29, 1.82) is 0 Å². The number of benzene rings is 2. The Morgan fingerprint density at radius 2 is 1.76 bits per heavy atom. The van der Waals surface area contributed by atoms with Gasteiger partial charge in [0, 0.05) is 18.3 Å². The molecule has 0 saturated heterocycles. The van der Waals surface area contributed by atoms with Crippen molar-refractivity contribution >= 4 is 0 Å². The molecule has 3 heteroatoms. The van der Waals surface area contributed by atoms with E-state index in [1.54, 1.807) is 12.5 Å². The van der Waals surface area contributed by atoms with Gasteiger partial charge in [0.25, 0.3) is 0 Å². The average molecular weight is 275 g/mol. The summed E-state index contributed by atoms with van der Waals surface area (Å²) in [5.74, 6) is 0. The zero-order chi connectivity index (χ0) is 14.7. The molecule has 0 amide bonds. The van der Waals surface area contributed by atoms with Crippen LogP contribution in [0.25, 0.3) is 22.4 Å². The van der Waals surface area contributed by atoms with Gasteiger partial charge in [-0.3, -0.25) is 0 Å². The lowest BCUT2D eigenvalue weighted by molar-refractivity contribution is 1.07. The van der Waals surface area contributed by atoms with Gasteiger partial charge in [-0.25, -0.2) is 9.97 Å². The van der Waals surface area contributed by atoms with Crippen molar-refractivity contribution in [2.24, 2.45) is 5.73 Å². The molecule has 0 radical (unpaired) electrons. The highest BCUT2D eigenvalue weighted by Crippen LogP contribution is 2.35. The molecule has 0 fully saturated rings. The fourth-order valence-corrected chi connectivity index (χ4v) is 2.63. The van der Waals surface area contributed by atoms with Crippen molar-refractivity contribution in [1.82, 2.24) is 9.97 Å². The third-order valence-electron chi connectivity index (χ3n) is 3.64. The van der Waals surface area contributed by atoms with Crippen LogP contribution in [0.2, 0.25) is 0 Å². The van der Waals surface area contributed by atoms with E-state index in [2.05, 4.69) is 47.2 Å². The smallest absolute Gasteiger partial charge is 0.116 e. The zero-order valence-electron chi connectivity index (χ0n) is 12.0. The Hall–Kier alpha value is -2.52. The van der Waals surface area contributed by atoms with E-state index in [4.69, 9.17) is 5.73 Å². The van der Waals surface area contributed by atoms with E-state index in [1.807, 2.05) is 18.2 Å². The van der Waals surface area contributed by atoms with Gasteiger partial charge in [-0.05, 0) is 35.2 Å². The quantitative estimate of drug-likeness (QED) is 0.795. The van der Waals surface area contributed by atoms with E-state index in [-0.39, 0.29) is 0 Å². The van der Waals surface area contributed by atoms with Gasteiger partial charge in [-0.1, -0.05) is 42.5 Å². The summed E-state index contributed by atoms with van der Waals surface area (Å²) in [7, 11) is 0. The minimum atomic E-state index is 0.522. The molecule has 0 bridgehead atoms. The number of aromatic nitrogens is 2. The first-order valence-electron chi connectivity index (χ1n) is 6.95. The zero-order valence-corrected chi connectivity index (χ0v) is 12.0. The molecule has 3 aromatic rings. The van der Waals surface area contributed by atoms with Gasteiger partial charge < -0.3 is 5.73 Å². The second-order valence-electron chi connectivity index (χ2n) is 4.95. The average Bonchev–Trinajstić information content (AvgIpc) is 2.55. The van der Waals surface area contributed by atoms with Crippen molar-refractivity contribution in [2.45, 2.75) is 13.5 Å². The third-order valence-corrected chi connectivity index (χ3v) is 3.64. The fourth-order valence-electron chi connectivity index (χ4n) is 2.63. The molecule has 1 heterocycles. The molecule has 2 N–H and O–H groups in total. The van der Waals surface area contributed by atoms with Crippen LogP contribution >= 0.6 is 0 Å². The van der Waals surface area contributed by atoms with Gasteiger partial charge in [0.2, 0.25) is 0 Å². The first kappa shape index (κ1) is 13.5. The predicted octanol–water partition coefficient (Wildman–Crippen LogP) is 3.58. The Labute approximate surface area is 124 Å². The summed E-state index contributed by atoms with van der Waals surface area (Å²) in [6, 6.07) is 16.5. The van der Waals surface area contributed by atoms with Gasteiger partial charge in [-0.2, -0.15) is 0 Å². The minimum Gasteiger partial charge on any atom is -0.326 e. The molecular weight excluding hydrogens is 258 g/mol. The molecular formula is C18H17N3. The van der Waals surface area contributed by atoms with E-state index in [1.165, 1.54) is 16.7 Å². The molecule has 21 heavy (non-hydrogen) atoms. The summed E-state index contributed by atoms with van der Waals surface area (Å²) in [6.45, 7) is 2.64. The fraction of sp³-hybridized carbons (Fsp3) is 0.111. The van der Waals surface area contributed by atoms with E-state index in [9.17, 15) is 0 Å². The number of hydrogen-bond donors (Lipinski definition) is 1. The van der Waals surface area contributed by atoms with Crippen LogP contribution in [0.15, 0.2) is 61.1 Å². The van der Waals surface area contributed by atoms with Crippen LogP contribution in [0.3, 0.4) is 0 Å². The largest absolute Gasteiger partial charge is 0.326 e. The molecule has 0 spiro atoms. The first-order valence-corrected chi connectivity index (χ1v) is 6.95. The van der Waals surface area contributed by atoms with Gasteiger partial charge in [0.05, 0.1) is 5.69 Å². The Bertz CT molecular complexity index is 751. The molecule has 0 saturated carbocycles. The van der Waals surface area contributed by atoms with Crippen molar-refractivity contribution in [3.8, 4) is 22.4 Å². The van der Waals surface area contributed by atoms with Crippen molar-refractivity contribution < 1.29 is 0 Å². The summed E-state index contributed by atoms with van der Waals surface area (Å²) in [5.41, 5.74) is 12.7. The molecule has 0 aliphatic carbocycles. The summed E-state index contributed by atoms with van der Waals surface area (Å²) < 4.78 is 0. The molecule has 0 atom stereocenters. The highest BCUT2D eigenvalue weighted by Gasteiger charge is 2.13. The van der Waals surface area contributed by atoms with Gasteiger partial charge >= 0.3 is 0 Å². The standard InChI is InChI=1S/C18H17N3/c1-13-5-4-8-16(17-9-10-20-12-21-17)18(13)15-7-3-2-6-14(15)11-19/h2-10,12H,11,19H2,1H3. The summed E-state index contributed by atoms with van der Waals surface area (Å²) in [5, 5.41) is 0. The molecule has 0 aliphatic heterocycles. The molecule has 0 aliphatic rings. The van der Waals surface area contributed by atoms with Crippen LogP contribution in [0.5, 0.6) is 0 Å². The second kappa shape index (κ2) is 5.85. The highest BCUT2D eigenvalue weighted by molar-refractivity contribution is 5.85. The Kier molecular flexibility index (Phi) is 3.75. The second-order valence-corrected chi connectivity index (χ2v) is 4.95. The first-order chi connectivity index (χ1) is 10.3.